The average molecular weight is 422 g/mol. The summed E-state index contributed by atoms with van der Waals surface area (Å²) in [7, 11) is 4.08. The Labute approximate surface area is 181 Å². The van der Waals surface area contributed by atoms with Gasteiger partial charge in [0.05, 0.1) is 28.7 Å². The van der Waals surface area contributed by atoms with Crippen molar-refractivity contribution in [2.45, 2.75) is 33.5 Å². The summed E-state index contributed by atoms with van der Waals surface area (Å²) < 4.78 is 19.2. The first-order chi connectivity index (χ1) is 14.9. The lowest BCUT2D eigenvalue weighted by molar-refractivity contribution is 0.385. The molecule has 4 rings (SSSR count). The molecule has 0 saturated carbocycles. The Morgan fingerprint density at radius 1 is 0.935 bits per heavy atom. The SMILES string of the molecule is CCn1c(=O)n(CC)c2cc(-c3c(-c4ccc(F)cc4)ncn3CCN(C)C)ccc21. The minimum absolute atomic E-state index is 0.0111. The smallest absolute Gasteiger partial charge is 0.329 e. The summed E-state index contributed by atoms with van der Waals surface area (Å²) in [6, 6.07) is 12.6. The lowest BCUT2D eigenvalue weighted by Gasteiger charge is -2.14. The van der Waals surface area contributed by atoms with E-state index in [0.717, 1.165) is 46.6 Å². The second kappa shape index (κ2) is 8.51. The monoisotopic (exact) mass is 421 g/mol. The first kappa shape index (κ1) is 21.1. The van der Waals surface area contributed by atoms with Crippen molar-refractivity contribution in [3.8, 4) is 22.5 Å². The van der Waals surface area contributed by atoms with Gasteiger partial charge in [-0.1, -0.05) is 6.07 Å². The molecule has 0 bridgehead atoms. The number of nitrogens with zero attached hydrogens (tertiary/aromatic N) is 5. The van der Waals surface area contributed by atoms with Crippen LogP contribution >= 0.6 is 0 Å². The van der Waals surface area contributed by atoms with E-state index < -0.39 is 0 Å². The molecule has 31 heavy (non-hydrogen) atoms. The summed E-state index contributed by atoms with van der Waals surface area (Å²) in [6.45, 7) is 6.84. The Hall–Kier alpha value is -3.19. The second-order valence-electron chi connectivity index (χ2n) is 7.92. The molecule has 6 nitrogen and oxygen atoms in total. The largest absolute Gasteiger partial charge is 0.329 e. The number of imidazole rings is 2. The van der Waals surface area contributed by atoms with Crippen LogP contribution < -0.4 is 5.69 Å². The number of halogens is 1. The van der Waals surface area contributed by atoms with Gasteiger partial charge in [0, 0.05) is 37.3 Å². The molecule has 2 aromatic heterocycles. The van der Waals surface area contributed by atoms with Crippen LogP contribution in [0, 0.1) is 5.82 Å². The van der Waals surface area contributed by atoms with Crippen molar-refractivity contribution in [2.24, 2.45) is 0 Å². The van der Waals surface area contributed by atoms with E-state index in [1.807, 2.05) is 46.4 Å². The van der Waals surface area contributed by atoms with Gasteiger partial charge in [-0.15, -0.1) is 0 Å². The van der Waals surface area contributed by atoms with Crippen molar-refractivity contribution in [1.82, 2.24) is 23.6 Å². The number of rotatable bonds is 7. The first-order valence-electron chi connectivity index (χ1n) is 10.6. The Kier molecular flexibility index (Phi) is 5.78. The van der Waals surface area contributed by atoms with Gasteiger partial charge in [-0.25, -0.2) is 14.2 Å². The fourth-order valence-corrected chi connectivity index (χ4v) is 4.06. The minimum atomic E-state index is -0.272. The fourth-order valence-electron chi connectivity index (χ4n) is 4.06. The summed E-state index contributed by atoms with van der Waals surface area (Å²) in [5.74, 6) is -0.272. The van der Waals surface area contributed by atoms with Gasteiger partial charge in [0.1, 0.15) is 5.82 Å². The number of hydrogen-bond donors (Lipinski definition) is 0. The van der Waals surface area contributed by atoms with Crippen molar-refractivity contribution in [3.05, 3.63) is 65.1 Å². The molecule has 2 aromatic carbocycles. The molecule has 0 N–H and O–H groups in total. The molecule has 0 unspecified atom stereocenters. The van der Waals surface area contributed by atoms with Crippen LogP contribution in [-0.4, -0.2) is 44.2 Å². The number of fused-ring (bicyclic) bond motifs is 1. The van der Waals surface area contributed by atoms with Crippen LogP contribution in [0.2, 0.25) is 0 Å². The predicted octanol–water partition coefficient (Wildman–Crippen LogP) is 4.07. The summed E-state index contributed by atoms with van der Waals surface area (Å²) >= 11 is 0. The van der Waals surface area contributed by atoms with Crippen molar-refractivity contribution in [1.29, 1.82) is 0 Å². The summed E-state index contributed by atoms with van der Waals surface area (Å²) in [5, 5.41) is 0. The molecule has 0 fully saturated rings. The number of likely N-dealkylation sites (N-methyl/N-ethyl adjacent to an activating group) is 1. The summed E-state index contributed by atoms with van der Waals surface area (Å²) in [6.07, 6.45) is 1.84. The maximum Gasteiger partial charge on any atom is 0.329 e. The molecule has 0 saturated heterocycles. The number of aromatic nitrogens is 4. The van der Waals surface area contributed by atoms with Gasteiger partial charge in [0.25, 0.3) is 0 Å². The van der Waals surface area contributed by atoms with Crippen LogP contribution in [-0.2, 0) is 19.6 Å². The van der Waals surface area contributed by atoms with Crippen LogP contribution in [0.3, 0.4) is 0 Å². The van der Waals surface area contributed by atoms with Crippen LogP contribution in [0.1, 0.15) is 13.8 Å². The van der Waals surface area contributed by atoms with E-state index in [1.165, 1.54) is 12.1 Å². The Bertz CT molecular complexity index is 1260. The molecule has 0 atom stereocenters. The average Bonchev–Trinajstić information content (AvgIpc) is 3.29. The minimum Gasteiger partial charge on any atom is -0.329 e. The molecular formula is C24H28FN5O. The standard InChI is InChI=1S/C24H28FN5O/c1-5-29-20-12-9-18(15-21(20)30(6-2)24(29)31)23-22(17-7-10-19(25)11-8-17)26-16-28(23)14-13-27(3)4/h7-12,15-16H,5-6,13-14H2,1-4H3. The molecule has 0 radical (unpaired) electrons. The maximum absolute atomic E-state index is 13.5. The Morgan fingerprint density at radius 2 is 1.58 bits per heavy atom. The molecule has 4 aromatic rings. The van der Waals surface area contributed by atoms with Gasteiger partial charge >= 0.3 is 5.69 Å². The highest BCUT2D eigenvalue weighted by Gasteiger charge is 2.18. The van der Waals surface area contributed by atoms with Gasteiger partial charge in [0.2, 0.25) is 0 Å². The van der Waals surface area contributed by atoms with Gasteiger partial charge in [-0.05, 0) is 64.3 Å². The molecule has 0 aliphatic carbocycles. The molecule has 162 valence electrons. The third-order valence-electron chi connectivity index (χ3n) is 5.67. The maximum atomic E-state index is 13.5. The lowest BCUT2D eigenvalue weighted by Crippen LogP contribution is -2.23. The molecule has 0 spiro atoms. The van der Waals surface area contributed by atoms with Gasteiger partial charge < -0.3 is 9.47 Å². The number of benzene rings is 2. The predicted molar refractivity (Wildman–Crippen MR) is 123 cm³/mol. The van der Waals surface area contributed by atoms with E-state index in [2.05, 4.69) is 20.5 Å². The fraction of sp³-hybridized carbons (Fsp3) is 0.333. The van der Waals surface area contributed by atoms with Crippen LogP contribution in [0.5, 0.6) is 0 Å². The first-order valence-corrected chi connectivity index (χ1v) is 10.6. The van der Waals surface area contributed by atoms with E-state index in [4.69, 9.17) is 0 Å². The molecule has 0 amide bonds. The van der Waals surface area contributed by atoms with Crippen molar-refractivity contribution < 1.29 is 4.39 Å². The van der Waals surface area contributed by atoms with E-state index in [0.29, 0.717) is 13.1 Å². The molecule has 2 heterocycles. The van der Waals surface area contributed by atoms with E-state index in [-0.39, 0.29) is 11.5 Å². The molecule has 0 aliphatic heterocycles. The number of hydrogen-bond acceptors (Lipinski definition) is 3. The molecular weight excluding hydrogens is 393 g/mol. The summed E-state index contributed by atoms with van der Waals surface area (Å²) in [5.41, 5.74) is 5.47. The third-order valence-corrected chi connectivity index (χ3v) is 5.67. The van der Waals surface area contributed by atoms with Gasteiger partial charge in [0.15, 0.2) is 0 Å². The molecule has 7 heteroatoms. The van der Waals surface area contributed by atoms with Crippen molar-refractivity contribution in [3.63, 3.8) is 0 Å². The zero-order valence-corrected chi connectivity index (χ0v) is 18.5. The van der Waals surface area contributed by atoms with Crippen molar-refractivity contribution >= 4 is 11.0 Å². The van der Waals surface area contributed by atoms with E-state index in [9.17, 15) is 9.18 Å². The van der Waals surface area contributed by atoms with Gasteiger partial charge in [-0.2, -0.15) is 0 Å². The van der Waals surface area contributed by atoms with Crippen molar-refractivity contribution in [2.75, 3.05) is 20.6 Å². The highest BCUT2D eigenvalue weighted by molar-refractivity contribution is 5.86. The van der Waals surface area contributed by atoms with E-state index in [1.54, 1.807) is 21.3 Å². The topological polar surface area (TPSA) is 48.0 Å². The third kappa shape index (κ3) is 3.81. The summed E-state index contributed by atoms with van der Waals surface area (Å²) in [4.78, 5) is 19.6. The number of aryl methyl sites for hydroxylation is 2. The highest BCUT2D eigenvalue weighted by atomic mass is 19.1. The quantitative estimate of drug-likeness (QED) is 0.452. The zero-order chi connectivity index (χ0) is 22.1. The Morgan fingerprint density at radius 3 is 2.23 bits per heavy atom. The van der Waals surface area contributed by atoms with Crippen LogP contribution in [0.4, 0.5) is 4.39 Å². The van der Waals surface area contributed by atoms with Gasteiger partial charge in [-0.3, -0.25) is 9.13 Å². The normalized spacial score (nSPS) is 11.7. The zero-order valence-electron chi connectivity index (χ0n) is 18.5. The lowest BCUT2D eigenvalue weighted by atomic mass is 10.0. The second-order valence-corrected chi connectivity index (χ2v) is 7.92. The Balaban J connectivity index is 1.92. The van der Waals surface area contributed by atoms with E-state index >= 15 is 0 Å². The molecule has 0 aliphatic rings. The highest BCUT2D eigenvalue weighted by Crippen LogP contribution is 2.33. The van der Waals surface area contributed by atoms with Crippen LogP contribution in [0.15, 0.2) is 53.6 Å². The van der Waals surface area contributed by atoms with Crippen LogP contribution in [0.25, 0.3) is 33.5 Å².